The maximum Gasteiger partial charge on any atom is 0.277 e. The highest BCUT2D eigenvalue weighted by atomic mass is 35.5. The van der Waals surface area contributed by atoms with E-state index in [4.69, 9.17) is 22.1 Å². The lowest BCUT2D eigenvalue weighted by atomic mass is 10.0. The molecule has 1 saturated carbocycles. The third kappa shape index (κ3) is 6.08. The van der Waals surface area contributed by atoms with E-state index in [1.54, 1.807) is 52.1 Å². The van der Waals surface area contributed by atoms with E-state index < -0.39 is 22.8 Å². The molecule has 4 rings (SSSR count). The zero-order chi connectivity index (χ0) is 27.8. The lowest BCUT2D eigenvalue weighted by Gasteiger charge is -2.18. The Morgan fingerprint density at radius 2 is 1.97 bits per heavy atom. The number of aliphatic imine (C=N–C) groups is 1. The van der Waals surface area contributed by atoms with Crippen LogP contribution in [-0.2, 0) is 6.61 Å². The van der Waals surface area contributed by atoms with E-state index in [1.165, 1.54) is 4.57 Å². The van der Waals surface area contributed by atoms with Gasteiger partial charge in [-0.2, -0.15) is 0 Å². The third-order valence-electron chi connectivity index (χ3n) is 6.10. The SMILES string of the molecule is Cc1cnc(N=C(C=C(N)C(C)(C)O)C2CC2)cc1-n1c(C)cc(OCc2ncc(F)cc2F)c(Cl)c1=O. The molecule has 0 amide bonds. The summed E-state index contributed by atoms with van der Waals surface area (Å²) < 4.78 is 34.0. The van der Waals surface area contributed by atoms with E-state index in [-0.39, 0.29) is 29.0 Å². The first-order chi connectivity index (χ1) is 17.8. The maximum atomic E-state index is 13.9. The van der Waals surface area contributed by atoms with Crippen molar-refractivity contribution in [1.82, 2.24) is 14.5 Å². The average molecular weight is 544 g/mol. The number of nitrogens with zero attached hydrogens (tertiary/aromatic N) is 4. The predicted octanol–water partition coefficient (Wildman–Crippen LogP) is 4.85. The molecule has 3 aromatic heterocycles. The van der Waals surface area contributed by atoms with Crippen LogP contribution in [-0.4, -0.2) is 31.0 Å². The Balaban J connectivity index is 1.69. The third-order valence-corrected chi connectivity index (χ3v) is 6.45. The van der Waals surface area contributed by atoms with Gasteiger partial charge in [-0.1, -0.05) is 11.6 Å². The molecule has 0 bridgehead atoms. The number of halogens is 3. The number of ether oxygens (including phenoxy) is 1. The van der Waals surface area contributed by atoms with Crippen molar-refractivity contribution >= 4 is 23.1 Å². The Hall–Kier alpha value is -3.63. The predicted molar refractivity (Wildman–Crippen MR) is 141 cm³/mol. The lowest BCUT2D eigenvalue weighted by Crippen LogP contribution is -2.28. The monoisotopic (exact) mass is 543 g/mol. The molecule has 0 spiro atoms. The zero-order valence-corrected chi connectivity index (χ0v) is 22.2. The van der Waals surface area contributed by atoms with E-state index in [0.29, 0.717) is 40.2 Å². The molecule has 3 heterocycles. The fraction of sp³-hybridized carbons (Fsp3) is 0.333. The standard InChI is InChI=1S/C27H28ClF2N5O3/c1-14-11-33-24(34-19(16-5-6-16)9-23(31)27(3,4)37)10-21(14)35-15(2)7-22(25(28)26(35)36)38-13-20-18(30)8-17(29)12-32-20/h7-12,16,37H,5-6,13,31H2,1-4H3. The summed E-state index contributed by atoms with van der Waals surface area (Å²) in [5, 5.41) is 10.00. The minimum absolute atomic E-state index is 0.0455. The van der Waals surface area contributed by atoms with Crippen LogP contribution in [0.1, 0.15) is 43.6 Å². The van der Waals surface area contributed by atoms with Crippen LogP contribution in [0.3, 0.4) is 0 Å². The summed E-state index contributed by atoms with van der Waals surface area (Å²) in [6, 6.07) is 3.93. The molecule has 8 nitrogen and oxygen atoms in total. The van der Waals surface area contributed by atoms with Crippen molar-refractivity contribution in [2.24, 2.45) is 16.6 Å². The van der Waals surface area contributed by atoms with E-state index >= 15 is 0 Å². The summed E-state index contributed by atoms with van der Waals surface area (Å²) in [6.45, 7) is 6.37. The second-order valence-corrected chi connectivity index (χ2v) is 10.2. The molecular formula is C27H28ClF2N5O3. The van der Waals surface area contributed by atoms with Gasteiger partial charge in [-0.25, -0.2) is 18.8 Å². The highest BCUT2D eigenvalue weighted by Crippen LogP contribution is 2.34. The molecular weight excluding hydrogens is 516 g/mol. The van der Waals surface area contributed by atoms with Gasteiger partial charge in [0.2, 0.25) is 0 Å². The molecule has 3 aromatic rings. The van der Waals surface area contributed by atoms with Crippen LogP contribution >= 0.6 is 11.6 Å². The van der Waals surface area contributed by atoms with Gasteiger partial charge in [-0.3, -0.25) is 14.3 Å². The van der Waals surface area contributed by atoms with E-state index in [1.807, 2.05) is 0 Å². The van der Waals surface area contributed by atoms with Crippen LogP contribution in [0.25, 0.3) is 5.69 Å². The molecule has 1 aliphatic rings. The Labute approximate surface area is 223 Å². The second kappa shape index (κ2) is 10.6. The van der Waals surface area contributed by atoms with Gasteiger partial charge >= 0.3 is 0 Å². The van der Waals surface area contributed by atoms with Gasteiger partial charge in [0.1, 0.15) is 28.9 Å². The van der Waals surface area contributed by atoms with Gasteiger partial charge in [0.25, 0.3) is 5.56 Å². The first-order valence-corrected chi connectivity index (χ1v) is 12.3. The Bertz CT molecular complexity index is 1510. The van der Waals surface area contributed by atoms with Crippen molar-refractivity contribution in [3.8, 4) is 11.4 Å². The molecule has 200 valence electrons. The van der Waals surface area contributed by atoms with Gasteiger partial charge in [-0.05, 0) is 52.2 Å². The topological polar surface area (TPSA) is 116 Å². The number of hydrogen-bond donors (Lipinski definition) is 2. The average Bonchev–Trinajstić information content (AvgIpc) is 3.68. The van der Waals surface area contributed by atoms with Crippen molar-refractivity contribution in [3.05, 3.63) is 86.3 Å². The number of aliphatic hydroxyl groups is 1. The minimum atomic E-state index is -1.19. The van der Waals surface area contributed by atoms with Crippen molar-refractivity contribution < 1.29 is 18.6 Å². The summed E-state index contributed by atoms with van der Waals surface area (Å²) in [4.78, 5) is 26.0. The first-order valence-electron chi connectivity index (χ1n) is 12.0. The maximum absolute atomic E-state index is 13.9. The van der Waals surface area contributed by atoms with Gasteiger partial charge in [0.15, 0.2) is 11.6 Å². The smallest absolute Gasteiger partial charge is 0.277 e. The van der Waals surface area contributed by atoms with Crippen molar-refractivity contribution in [2.75, 3.05) is 0 Å². The molecule has 38 heavy (non-hydrogen) atoms. The highest BCUT2D eigenvalue weighted by molar-refractivity contribution is 6.31. The molecule has 0 radical (unpaired) electrons. The summed E-state index contributed by atoms with van der Waals surface area (Å²) in [7, 11) is 0. The molecule has 0 atom stereocenters. The number of aryl methyl sites for hydroxylation is 2. The molecule has 11 heteroatoms. The van der Waals surface area contributed by atoms with Gasteiger partial charge in [-0.15, -0.1) is 0 Å². The van der Waals surface area contributed by atoms with Gasteiger partial charge in [0.05, 0.1) is 17.5 Å². The van der Waals surface area contributed by atoms with Crippen molar-refractivity contribution in [2.45, 2.75) is 52.7 Å². The second-order valence-electron chi connectivity index (χ2n) is 9.77. The van der Waals surface area contributed by atoms with Crippen LogP contribution in [0, 0.1) is 31.4 Å². The first kappa shape index (κ1) is 27.4. The minimum Gasteiger partial charge on any atom is -0.485 e. The molecule has 1 aliphatic carbocycles. The molecule has 0 unspecified atom stereocenters. The Morgan fingerprint density at radius 3 is 2.61 bits per heavy atom. The van der Waals surface area contributed by atoms with E-state index in [9.17, 15) is 18.7 Å². The number of pyridine rings is 3. The van der Waals surface area contributed by atoms with Crippen LogP contribution in [0.15, 0.2) is 52.2 Å². The van der Waals surface area contributed by atoms with Crippen LogP contribution < -0.4 is 16.0 Å². The quantitative estimate of drug-likeness (QED) is 0.392. The van der Waals surface area contributed by atoms with E-state index in [0.717, 1.165) is 19.0 Å². The van der Waals surface area contributed by atoms with Crippen LogP contribution in [0.5, 0.6) is 5.75 Å². The molecule has 0 aromatic carbocycles. The number of rotatable bonds is 8. The van der Waals surface area contributed by atoms with Gasteiger partial charge in [0, 0.05) is 47.4 Å². The Morgan fingerprint density at radius 1 is 1.26 bits per heavy atom. The number of hydrogen-bond acceptors (Lipinski definition) is 7. The van der Waals surface area contributed by atoms with E-state index in [2.05, 4.69) is 15.0 Å². The number of aromatic nitrogens is 3. The largest absolute Gasteiger partial charge is 0.485 e. The lowest BCUT2D eigenvalue weighted by molar-refractivity contribution is 0.118. The van der Waals surface area contributed by atoms with Crippen molar-refractivity contribution in [1.29, 1.82) is 0 Å². The summed E-state index contributed by atoms with van der Waals surface area (Å²) >= 11 is 6.36. The summed E-state index contributed by atoms with van der Waals surface area (Å²) in [5.74, 6) is -1.04. The number of nitrogens with two attached hydrogens (primary N) is 1. The van der Waals surface area contributed by atoms with Crippen molar-refractivity contribution in [3.63, 3.8) is 0 Å². The summed E-state index contributed by atoms with van der Waals surface area (Å²) in [6.07, 6.45) is 6.08. The normalized spacial score (nSPS) is 14.6. The van der Waals surface area contributed by atoms with Crippen LogP contribution in [0.4, 0.5) is 14.6 Å². The fourth-order valence-corrected chi connectivity index (χ4v) is 3.87. The highest BCUT2D eigenvalue weighted by Gasteiger charge is 2.28. The zero-order valence-electron chi connectivity index (χ0n) is 21.4. The van der Waals surface area contributed by atoms with Gasteiger partial charge < -0.3 is 15.6 Å². The fourth-order valence-electron chi connectivity index (χ4n) is 3.67. The molecule has 3 N–H and O–H groups in total. The van der Waals surface area contributed by atoms with Crippen LogP contribution in [0.2, 0.25) is 5.02 Å². The molecule has 0 aliphatic heterocycles. The Kier molecular flexibility index (Phi) is 7.66. The molecule has 0 saturated heterocycles. The summed E-state index contributed by atoms with van der Waals surface area (Å²) in [5.41, 5.74) is 6.93. The molecule has 1 fully saturated rings. The number of allylic oxidation sites excluding steroid dienone is 1.